The van der Waals surface area contributed by atoms with Gasteiger partial charge in [0.05, 0.1) is 6.10 Å². The lowest BCUT2D eigenvalue weighted by Gasteiger charge is -2.11. The number of benzene rings is 2. The van der Waals surface area contributed by atoms with E-state index in [4.69, 9.17) is 9.15 Å². The molecule has 3 rings (SSSR count). The zero-order valence-electron chi connectivity index (χ0n) is 14.2. The number of nitrogens with zero attached hydrogens (tertiary/aromatic N) is 2. The molecule has 1 aromatic heterocycles. The largest absolute Gasteiger partial charge is 0.491 e. The monoisotopic (exact) mass is 370 g/mol. The second-order valence-electron chi connectivity index (χ2n) is 5.60. The number of hydrogen-bond acceptors (Lipinski definition) is 7. The van der Waals surface area contributed by atoms with Crippen molar-refractivity contribution >= 4 is 17.5 Å². The molecule has 26 heavy (non-hydrogen) atoms. The van der Waals surface area contributed by atoms with Crippen LogP contribution in [0.25, 0.3) is 11.5 Å². The van der Waals surface area contributed by atoms with E-state index in [0.29, 0.717) is 28.2 Å². The highest BCUT2D eigenvalue weighted by molar-refractivity contribution is 7.99. The van der Waals surface area contributed by atoms with E-state index < -0.39 is 6.10 Å². The summed E-state index contributed by atoms with van der Waals surface area (Å²) in [7, 11) is 0. The summed E-state index contributed by atoms with van der Waals surface area (Å²) in [5.41, 5.74) is 1.48. The number of carbonyl (C=O) groups excluding carboxylic acids is 1. The first-order chi connectivity index (χ1) is 12.6. The number of carbonyl (C=O) groups is 1. The van der Waals surface area contributed by atoms with Crippen LogP contribution in [0.2, 0.25) is 0 Å². The highest BCUT2D eigenvalue weighted by atomic mass is 32.2. The van der Waals surface area contributed by atoms with Gasteiger partial charge in [-0.1, -0.05) is 30.0 Å². The van der Waals surface area contributed by atoms with E-state index in [0.717, 1.165) is 5.56 Å². The van der Waals surface area contributed by atoms with Crippen LogP contribution in [-0.2, 0) is 0 Å². The number of ketones is 1. The normalized spacial score (nSPS) is 11.9. The molecule has 0 amide bonds. The van der Waals surface area contributed by atoms with Crippen LogP contribution in [0.15, 0.2) is 64.2 Å². The Bertz CT molecular complexity index is 849. The molecule has 0 saturated heterocycles. The first kappa shape index (κ1) is 18.2. The molecule has 0 aliphatic heterocycles. The van der Waals surface area contributed by atoms with Gasteiger partial charge in [-0.05, 0) is 43.3 Å². The van der Waals surface area contributed by atoms with Gasteiger partial charge in [-0.15, -0.1) is 10.2 Å². The van der Waals surface area contributed by atoms with Crippen LogP contribution in [0.3, 0.4) is 0 Å². The van der Waals surface area contributed by atoms with Gasteiger partial charge < -0.3 is 14.3 Å². The number of thioether (sulfide) groups is 1. The summed E-state index contributed by atoms with van der Waals surface area (Å²) in [6.45, 7) is 1.64. The lowest BCUT2D eigenvalue weighted by Crippen LogP contribution is -2.20. The Hall–Kier alpha value is -2.64. The topological polar surface area (TPSA) is 85.5 Å². The number of ether oxygens (including phenoxy) is 1. The van der Waals surface area contributed by atoms with E-state index in [1.54, 1.807) is 24.3 Å². The summed E-state index contributed by atoms with van der Waals surface area (Å²) >= 11 is 1.27. The molecule has 1 atom stereocenters. The Kier molecular flexibility index (Phi) is 6.04. The predicted octanol–water partition coefficient (Wildman–Crippen LogP) is 3.47. The molecule has 134 valence electrons. The van der Waals surface area contributed by atoms with Crippen molar-refractivity contribution in [1.29, 1.82) is 0 Å². The van der Waals surface area contributed by atoms with Crippen LogP contribution in [0.1, 0.15) is 17.3 Å². The summed E-state index contributed by atoms with van der Waals surface area (Å²) in [4.78, 5) is 11.2. The average Bonchev–Trinajstić information content (AvgIpc) is 3.15. The molecule has 0 fully saturated rings. The molecule has 0 spiro atoms. The maximum absolute atomic E-state index is 11.2. The molecule has 2 aromatic carbocycles. The number of aliphatic hydroxyl groups excluding tert-OH is 1. The highest BCUT2D eigenvalue weighted by Crippen LogP contribution is 2.23. The SMILES string of the molecule is CC(=O)c1ccc(OCC(O)CSc2nnc(-c3ccccc3)o2)cc1. The summed E-state index contributed by atoms with van der Waals surface area (Å²) in [5, 5.41) is 18.4. The van der Waals surface area contributed by atoms with Crippen molar-refractivity contribution in [3.63, 3.8) is 0 Å². The Morgan fingerprint density at radius 3 is 2.58 bits per heavy atom. The van der Waals surface area contributed by atoms with Crippen molar-refractivity contribution < 1.29 is 19.1 Å². The van der Waals surface area contributed by atoms with Crippen molar-refractivity contribution in [2.45, 2.75) is 18.3 Å². The minimum absolute atomic E-state index is 0.00224. The second-order valence-corrected chi connectivity index (χ2v) is 6.57. The number of rotatable bonds is 8. The van der Waals surface area contributed by atoms with E-state index in [2.05, 4.69) is 10.2 Å². The molecule has 1 heterocycles. The lowest BCUT2D eigenvalue weighted by atomic mass is 10.1. The molecule has 3 aromatic rings. The van der Waals surface area contributed by atoms with E-state index in [1.807, 2.05) is 30.3 Å². The van der Waals surface area contributed by atoms with E-state index >= 15 is 0 Å². The highest BCUT2D eigenvalue weighted by Gasteiger charge is 2.12. The van der Waals surface area contributed by atoms with Crippen molar-refractivity contribution in [1.82, 2.24) is 10.2 Å². The number of hydrogen-bond donors (Lipinski definition) is 1. The molecule has 0 saturated carbocycles. The third-order valence-electron chi connectivity index (χ3n) is 3.53. The Morgan fingerprint density at radius 1 is 1.15 bits per heavy atom. The molecule has 6 nitrogen and oxygen atoms in total. The molecular weight excluding hydrogens is 352 g/mol. The third kappa shape index (κ3) is 4.93. The van der Waals surface area contributed by atoms with Crippen LogP contribution in [0.4, 0.5) is 0 Å². The zero-order valence-corrected chi connectivity index (χ0v) is 15.0. The first-order valence-corrected chi connectivity index (χ1v) is 9.04. The Morgan fingerprint density at radius 2 is 1.88 bits per heavy atom. The summed E-state index contributed by atoms with van der Waals surface area (Å²) < 4.78 is 11.1. The zero-order chi connectivity index (χ0) is 18.4. The quantitative estimate of drug-likeness (QED) is 0.480. The van der Waals surface area contributed by atoms with E-state index in [9.17, 15) is 9.90 Å². The molecule has 7 heteroatoms. The van der Waals surface area contributed by atoms with Crippen LogP contribution >= 0.6 is 11.8 Å². The van der Waals surface area contributed by atoms with Gasteiger partial charge in [0.1, 0.15) is 12.4 Å². The Balaban J connectivity index is 1.46. The lowest BCUT2D eigenvalue weighted by molar-refractivity contribution is 0.101. The van der Waals surface area contributed by atoms with Gasteiger partial charge >= 0.3 is 0 Å². The summed E-state index contributed by atoms with van der Waals surface area (Å²) in [6, 6.07) is 16.3. The molecule has 0 aliphatic carbocycles. The molecule has 0 radical (unpaired) electrons. The van der Waals surface area contributed by atoms with Gasteiger partial charge in [0.25, 0.3) is 5.22 Å². The fourth-order valence-electron chi connectivity index (χ4n) is 2.16. The maximum atomic E-state index is 11.2. The van der Waals surface area contributed by atoms with Gasteiger partial charge in [0.15, 0.2) is 5.78 Å². The summed E-state index contributed by atoms with van der Waals surface area (Å²) in [5.74, 6) is 1.41. The van der Waals surface area contributed by atoms with Crippen LogP contribution in [0.5, 0.6) is 5.75 Å². The molecule has 0 aliphatic rings. The number of Topliss-reactive ketones (excluding diaryl/α,β-unsaturated/α-hetero) is 1. The maximum Gasteiger partial charge on any atom is 0.276 e. The average molecular weight is 370 g/mol. The minimum Gasteiger partial charge on any atom is -0.491 e. The minimum atomic E-state index is -0.695. The van der Waals surface area contributed by atoms with Crippen molar-refractivity contribution in [2.24, 2.45) is 0 Å². The van der Waals surface area contributed by atoms with Gasteiger partial charge in [0.2, 0.25) is 5.89 Å². The molecule has 0 bridgehead atoms. The summed E-state index contributed by atoms with van der Waals surface area (Å²) in [6.07, 6.45) is -0.695. The van der Waals surface area contributed by atoms with Crippen molar-refractivity contribution in [3.05, 3.63) is 60.2 Å². The smallest absolute Gasteiger partial charge is 0.276 e. The van der Waals surface area contributed by atoms with Crippen molar-refractivity contribution in [3.8, 4) is 17.2 Å². The standard InChI is InChI=1S/C19H18N2O4S/c1-13(22)14-7-9-17(10-8-14)24-11-16(23)12-26-19-21-20-18(25-19)15-5-3-2-4-6-15/h2-10,16,23H,11-12H2,1H3. The van der Waals surface area contributed by atoms with Crippen molar-refractivity contribution in [2.75, 3.05) is 12.4 Å². The van der Waals surface area contributed by atoms with Crippen LogP contribution in [-0.4, -0.2) is 39.6 Å². The van der Waals surface area contributed by atoms with E-state index in [-0.39, 0.29) is 12.4 Å². The molecule has 1 unspecified atom stereocenters. The fourth-order valence-corrected chi connectivity index (χ4v) is 2.83. The van der Waals surface area contributed by atoms with Gasteiger partial charge in [-0.25, -0.2) is 0 Å². The number of aliphatic hydroxyl groups is 1. The number of aromatic nitrogens is 2. The predicted molar refractivity (Wildman–Crippen MR) is 98.4 cm³/mol. The molecular formula is C19H18N2O4S. The second kappa shape index (κ2) is 8.64. The van der Waals surface area contributed by atoms with E-state index in [1.165, 1.54) is 18.7 Å². The van der Waals surface area contributed by atoms with Gasteiger partial charge in [-0.2, -0.15) is 0 Å². The van der Waals surface area contributed by atoms with Crippen LogP contribution < -0.4 is 4.74 Å². The fraction of sp³-hybridized carbons (Fsp3) is 0.211. The van der Waals surface area contributed by atoms with Gasteiger partial charge in [0, 0.05) is 16.9 Å². The molecule has 1 N–H and O–H groups in total. The van der Waals surface area contributed by atoms with Gasteiger partial charge in [-0.3, -0.25) is 4.79 Å². The van der Waals surface area contributed by atoms with Crippen LogP contribution in [0, 0.1) is 0 Å². The first-order valence-electron chi connectivity index (χ1n) is 8.05. The Labute approximate surface area is 155 Å². The third-order valence-corrected chi connectivity index (χ3v) is 4.49.